The molecule has 0 fully saturated rings. The summed E-state index contributed by atoms with van der Waals surface area (Å²) < 4.78 is 1.35. The van der Waals surface area contributed by atoms with E-state index in [1.807, 2.05) is 0 Å². The number of carbonyl (C=O) groups excluding carboxylic acids is 2. The van der Waals surface area contributed by atoms with E-state index < -0.39 is 0 Å². The average Bonchev–Trinajstić information content (AvgIpc) is 3.08. The van der Waals surface area contributed by atoms with Crippen LogP contribution in [0.1, 0.15) is 26.5 Å². The minimum atomic E-state index is -0.376. The zero-order valence-corrected chi connectivity index (χ0v) is 11.3. The van der Waals surface area contributed by atoms with Crippen LogP contribution in [0.25, 0.3) is 5.65 Å². The van der Waals surface area contributed by atoms with Crippen molar-refractivity contribution in [3.63, 3.8) is 0 Å². The van der Waals surface area contributed by atoms with E-state index in [9.17, 15) is 14.4 Å². The van der Waals surface area contributed by atoms with Crippen molar-refractivity contribution in [1.29, 1.82) is 0 Å². The summed E-state index contributed by atoms with van der Waals surface area (Å²) in [7, 11) is 0. The number of amides is 2. The molecule has 2 amide bonds. The van der Waals surface area contributed by atoms with E-state index in [0.29, 0.717) is 16.8 Å². The first-order valence-corrected chi connectivity index (χ1v) is 6.66. The highest BCUT2D eigenvalue weighted by Crippen LogP contribution is 2.23. The first-order valence-electron chi connectivity index (χ1n) is 6.66. The topological polar surface area (TPSA) is 87.5 Å². The van der Waals surface area contributed by atoms with E-state index in [1.165, 1.54) is 4.40 Å². The quantitative estimate of drug-likeness (QED) is 0.709. The molecule has 0 bridgehead atoms. The summed E-state index contributed by atoms with van der Waals surface area (Å²) in [5.41, 5.74) is 0.856. The van der Waals surface area contributed by atoms with E-state index in [1.54, 1.807) is 42.6 Å². The Bertz CT molecular complexity index is 951. The molecule has 3 heterocycles. The summed E-state index contributed by atoms with van der Waals surface area (Å²) in [5.74, 6) is -0.484. The van der Waals surface area contributed by atoms with Gasteiger partial charge in [-0.3, -0.25) is 23.9 Å². The maximum atomic E-state index is 12.3. The average molecular weight is 294 g/mol. The first kappa shape index (κ1) is 12.5. The number of hydrogen-bond acceptors (Lipinski definition) is 4. The van der Waals surface area contributed by atoms with Gasteiger partial charge in [0.25, 0.3) is 11.8 Å². The Balaban J connectivity index is 1.73. The van der Waals surface area contributed by atoms with E-state index in [-0.39, 0.29) is 29.9 Å². The van der Waals surface area contributed by atoms with Crippen LogP contribution in [-0.4, -0.2) is 31.1 Å². The second kappa shape index (κ2) is 4.39. The summed E-state index contributed by atoms with van der Waals surface area (Å²) in [5, 5.41) is 0. The summed E-state index contributed by atoms with van der Waals surface area (Å²) in [4.78, 5) is 44.4. The molecule has 4 rings (SSSR count). The predicted octanol–water partition coefficient (Wildman–Crippen LogP) is 0.819. The second-order valence-corrected chi connectivity index (χ2v) is 4.97. The molecule has 3 aromatic rings. The van der Waals surface area contributed by atoms with Crippen LogP contribution in [0, 0.1) is 0 Å². The van der Waals surface area contributed by atoms with Crippen molar-refractivity contribution >= 4 is 17.5 Å². The molecule has 1 aliphatic heterocycles. The zero-order chi connectivity index (χ0) is 15.3. The van der Waals surface area contributed by atoms with Crippen molar-refractivity contribution in [2.24, 2.45) is 0 Å². The van der Waals surface area contributed by atoms with Crippen molar-refractivity contribution in [2.75, 3.05) is 0 Å². The SMILES string of the molecule is O=C1c2ccccc2C(=O)N1Cc1nc2cccn2c(=O)[nH]1. The summed E-state index contributed by atoms with van der Waals surface area (Å²) in [6, 6.07) is 10.0. The monoisotopic (exact) mass is 294 g/mol. The number of aromatic nitrogens is 3. The van der Waals surface area contributed by atoms with Gasteiger partial charge in [0.2, 0.25) is 0 Å². The molecular formula is C15H10N4O3. The number of nitrogens with zero attached hydrogens (tertiary/aromatic N) is 3. The van der Waals surface area contributed by atoms with E-state index in [0.717, 1.165) is 4.90 Å². The predicted molar refractivity (Wildman–Crippen MR) is 76.5 cm³/mol. The van der Waals surface area contributed by atoms with Gasteiger partial charge < -0.3 is 0 Å². The smallest absolute Gasteiger partial charge is 0.293 e. The molecule has 0 aliphatic carbocycles. The third kappa shape index (κ3) is 1.69. The lowest BCUT2D eigenvalue weighted by Crippen LogP contribution is -2.31. The van der Waals surface area contributed by atoms with Crippen molar-refractivity contribution in [2.45, 2.75) is 6.54 Å². The molecule has 0 radical (unpaired) electrons. The second-order valence-electron chi connectivity index (χ2n) is 4.97. The minimum absolute atomic E-state index is 0.0662. The Labute approximate surface area is 123 Å². The van der Waals surface area contributed by atoms with Crippen LogP contribution >= 0.6 is 0 Å². The molecule has 2 aromatic heterocycles. The van der Waals surface area contributed by atoms with Crippen LogP contribution in [0.3, 0.4) is 0 Å². The maximum Gasteiger partial charge on any atom is 0.332 e. The lowest BCUT2D eigenvalue weighted by atomic mass is 10.1. The van der Waals surface area contributed by atoms with Gasteiger partial charge in [0.1, 0.15) is 11.5 Å². The van der Waals surface area contributed by atoms with Crippen molar-refractivity contribution in [1.82, 2.24) is 19.3 Å². The molecule has 7 nitrogen and oxygen atoms in total. The highest BCUT2D eigenvalue weighted by molar-refractivity contribution is 6.21. The molecular weight excluding hydrogens is 284 g/mol. The molecule has 1 aromatic carbocycles. The van der Waals surface area contributed by atoms with Gasteiger partial charge in [-0.1, -0.05) is 12.1 Å². The molecule has 22 heavy (non-hydrogen) atoms. The Morgan fingerprint density at radius 1 is 0.955 bits per heavy atom. The molecule has 1 N–H and O–H groups in total. The maximum absolute atomic E-state index is 12.3. The highest BCUT2D eigenvalue weighted by atomic mass is 16.2. The number of hydrogen-bond donors (Lipinski definition) is 1. The van der Waals surface area contributed by atoms with Gasteiger partial charge in [-0.05, 0) is 24.3 Å². The lowest BCUT2D eigenvalue weighted by Gasteiger charge is -2.12. The lowest BCUT2D eigenvalue weighted by molar-refractivity contribution is 0.0638. The number of fused-ring (bicyclic) bond motifs is 2. The van der Waals surface area contributed by atoms with E-state index in [4.69, 9.17) is 0 Å². The Morgan fingerprint density at radius 2 is 1.64 bits per heavy atom. The van der Waals surface area contributed by atoms with Crippen LogP contribution in [-0.2, 0) is 6.54 Å². The molecule has 7 heteroatoms. The summed E-state index contributed by atoms with van der Waals surface area (Å²) >= 11 is 0. The van der Waals surface area contributed by atoms with Crippen molar-refractivity contribution in [3.05, 3.63) is 70.0 Å². The largest absolute Gasteiger partial charge is 0.332 e. The molecule has 0 saturated heterocycles. The molecule has 0 unspecified atom stereocenters. The third-order valence-corrected chi connectivity index (χ3v) is 3.63. The van der Waals surface area contributed by atoms with Crippen LogP contribution in [0.4, 0.5) is 0 Å². The Kier molecular flexibility index (Phi) is 2.50. The van der Waals surface area contributed by atoms with E-state index >= 15 is 0 Å². The van der Waals surface area contributed by atoms with Crippen LogP contribution in [0.5, 0.6) is 0 Å². The Morgan fingerprint density at radius 3 is 2.32 bits per heavy atom. The minimum Gasteiger partial charge on any atom is -0.293 e. The van der Waals surface area contributed by atoms with Crippen LogP contribution in [0.15, 0.2) is 47.4 Å². The highest BCUT2D eigenvalue weighted by Gasteiger charge is 2.35. The standard InChI is InChI=1S/C15H10N4O3/c20-13-9-4-1-2-5-10(9)14(21)19(13)8-11-16-12-6-3-7-18(12)15(22)17-11/h1-7H,8H2,(H,16,17,22). The molecule has 108 valence electrons. The summed E-state index contributed by atoms with van der Waals surface area (Å²) in [6.45, 7) is -0.0662. The van der Waals surface area contributed by atoms with E-state index in [2.05, 4.69) is 9.97 Å². The van der Waals surface area contributed by atoms with Gasteiger partial charge in [-0.15, -0.1) is 0 Å². The van der Waals surface area contributed by atoms with Gasteiger partial charge in [-0.2, -0.15) is 0 Å². The number of H-pyrrole nitrogens is 1. The number of rotatable bonds is 2. The van der Waals surface area contributed by atoms with Crippen molar-refractivity contribution in [3.8, 4) is 0 Å². The number of aromatic amines is 1. The van der Waals surface area contributed by atoms with Crippen LogP contribution in [0.2, 0.25) is 0 Å². The molecule has 1 aliphatic rings. The fraction of sp³-hybridized carbons (Fsp3) is 0.0667. The first-order chi connectivity index (χ1) is 10.6. The van der Waals surface area contributed by atoms with Gasteiger partial charge in [0.15, 0.2) is 0 Å². The van der Waals surface area contributed by atoms with Gasteiger partial charge in [-0.25, -0.2) is 9.78 Å². The molecule has 0 saturated carbocycles. The van der Waals surface area contributed by atoms with Gasteiger partial charge in [0.05, 0.1) is 17.7 Å². The fourth-order valence-corrected chi connectivity index (χ4v) is 2.59. The van der Waals surface area contributed by atoms with Crippen molar-refractivity contribution < 1.29 is 9.59 Å². The third-order valence-electron chi connectivity index (χ3n) is 3.63. The normalized spacial score (nSPS) is 13.9. The van der Waals surface area contributed by atoms with Crippen LogP contribution < -0.4 is 5.69 Å². The molecule has 0 spiro atoms. The number of imide groups is 1. The fourth-order valence-electron chi connectivity index (χ4n) is 2.59. The zero-order valence-electron chi connectivity index (χ0n) is 11.3. The van der Waals surface area contributed by atoms with Gasteiger partial charge in [0, 0.05) is 6.20 Å². The summed E-state index contributed by atoms with van der Waals surface area (Å²) in [6.07, 6.45) is 1.59. The number of nitrogens with one attached hydrogen (secondary N) is 1. The Hall–Kier alpha value is -3.22. The van der Waals surface area contributed by atoms with Gasteiger partial charge >= 0.3 is 5.69 Å². The molecule has 0 atom stereocenters. The number of benzene rings is 1. The number of carbonyl (C=O) groups is 2.